The number of nitrogens with zero attached hydrogens (tertiary/aromatic N) is 10. The van der Waals surface area contributed by atoms with Gasteiger partial charge in [0.15, 0.2) is 11.3 Å². The predicted octanol–water partition coefficient (Wildman–Crippen LogP) is 4.97. The van der Waals surface area contributed by atoms with Gasteiger partial charge in [0.2, 0.25) is 20.9 Å². The SMILES string of the molecule is CS(=O)(=O)c1nccc(-c2c(-c3ccc(F)cc3)nc3cnccn23)n1.Nc1nccc(-c2c(-c3ccc(F)cc3)nc3cnccn23)n1. The molecule has 0 aliphatic carbocycles. The molecule has 6 heterocycles. The Labute approximate surface area is 276 Å². The second-order valence-electron chi connectivity index (χ2n) is 10.5. The summed E-state index contributed by atoms with van der Waals surface area (Å²) in [7, 11) is -3.57. The molecule has 6 aromatic heterocycles. The fourth-order valence-corrected chi connectivity index (χ4v) is 5.59. The lowest BCUT2D eigenvalue weighted by Gasteiger charge is -2.06. The molecule has 0 unspecified atom stereocenters. The summed E-state index contributed by atoms with van der Waals surface area (Å²) in [5.74, 6) is -0.481. The molecule has 0 aliphatic rings. The van der Waals surface area contributed by atoms with Gasteiger partial charge >= 0.3 is 0 Å². The summed E-state index contributed by atoms with van der Waals surface area (Å²) in [6, 6.07) is 15.4. The standard InChI is InChI=1S/C17H12FN5O2S.C16H11FN6/c1-26(24,25)17-20-7-6-13(21-17)16-15(11-2-4-12(18)5-3-11)22-14-10-19-8-9-23(14)16;17-11-3-1-10(2-4-11)14-15(12-5-6-20-16(18)21-12)23-8-7-19-9-13(23)22-14/h2-10H,1H3;1-9H,(H2,18,20,21). The van der Waals surface area contributed by atoms with Crippen molar-refractivity contribution in [2.24, 2.45) is 0 Å². The number of fused-ring (bicyclic) bond motifs is 2. The first kappa shape index (κ1) is 31.1. The van der Waals surface area contributed by atoms with Crippen LogP contribution in [0.4, 0.5) is 14.7 Å². The molecule has 49 heavy (non-hydrogen) atoms. The van der Waals surface area contributed by atoms with Crippen molar-refractivity contribution in [3.63, 3.8) is 0 Å². The summed E-state index contributed by atoms with van der Waals surface area (Å²) in [4.78, 5) is 33.5. The van der Waals surface area contributed by atoms with E-state index in [4.69, 9.17) is 5.73 Å². The Morgan fingerprint density at radius 2 is 1.08 bits per heavy atom. The summed E-state index contributed by atoms with van der Waals surface area (Å²) in [5, 5.41) is -0.274. The smallest absolute Gasteiger partial charge is 0.247 e. The van der Waals surface area contributed by atoms with Crippen LogP contribution >= 0.6 is 0 Å². The van der Waals surface area contributed by atoms with Crippen molar-refractivity contribution in [1.29, 1.82) is 0 Å². The third kappa shape index (κ3) is 6.27. The van der Waals surface area contributed by atoms with Gasteiger partial charge in [-0.1, -0.05) is 0 Å². The Balaban J connectivity index is 0.000000155. The highest BCUT2D eigenvalue weighted by molar-refractivity contribution is 7.90. The van der Waals surface area contributed by atoms with Crippen LogP contribution in [0.3, 0.4) is 0 Å². The van der Waals surface area contributed by atoms with Crippen molar-refractivity contribution in [1.82, 2.24) is 48.7 Å². The van der Waals surface area contributed by atoms with E-state index in [1.807, 2.05) is 4.40 Å². The van der Waals surface area contributed by atoms with Crippen molar-refractivity contribution in [2.75, 3.05) is 12.0 Å². The molecule has 8 aromatic rings. The first-order chi connectivity index (χ1) is 23.7. The van der Waals surface area contributed by atoms with Gasteiger partial charge < -0.3 is 5.73 Å². The van der Waals surface area contributed by atoms with Crippen LogP contribution in [0.25, 0.3) is 56.6 Å². The Morgan fingerprint density at radius 1 is 0.612 bits per heavy atom. The lowest BCUT2D eigenvalue weighted by molar-refractivity contribution is 0.593. The van der Waals surface area contributed by atoms with Crippen LogP contribution in [0, 0.1) is 11.6 Å². The minimum Gasteiger partial charge on any atom is -0.368 e. The number of hydrogen-bond acceptors (Lipinski definition) is 11. The van der Waals surface area contributed by atoms with Crippen LogP contribution in [0.2, 0.25) is 0 Å². The molecule has 0 aliphatic heterocycles. The van der Waals surface area contributed by atoms with E-state index in [-0.39, 0.29) is 22.7 Å². The average molecular weight is 676 g/mol. The second-order valence-corrected chi connectivity index (χ2v) is 12.4. The number of anilines is 1. The molecular weight excluding hydrogens is 653 g/mol. The van der Waals surface area contributed by atoms with Gasteiger partial charge in [-0.25, -0.2) is 47.1 Å². The maximum absolute atomic E-state index is 13.3. The Bertz CT molecular complexity index is 2570. The van der Waals surface area contributed by atoms with Crippen LogP contribution in [-0.4, -0.2) is 63.3 Å². The summed E-state index contributed by atoms with van der Waals surface area (Å²) < 4.78 is 53.7. The van der Waals surface area contributed by atoms with Gasteiger partial charge in [-0.3, -0.25) is 18.8 Å². The number of aromatic nitrogens is 10. The second kappa shape index (κ2) is 12.6. The zero-order valence-electron chi connectivity index (χ0n) is 25.4. The van der Waals surface area contributed by atoms with Crippen molar-refractivity contribution >= 4 is 27.1 Å². The summed E-state index contributed by atoms with van der Waals surface area (Å²) in [6.07, 6.45) is 14.0. The van der Waals surface area contributed by atoms with E-state index >= 15 is 0 Å². The summed E-state index contributed by atoms with van der Waals surface area (Å²) >= 11 is 0. The number of benzene rings is 2. The first-order valence-corrected chi connectivity index (χ1v) is 16.3. The van der Waals surface area contributed by atoms with Crippen LogP contribution in [0.1, 0.15) is 0 Å². The molecule has 16 heteroatoms. The summed E-state index contributed by atoms with van der Waals surface area (Å²) in [5.41, 5.74) is 11.9. The third-order valence-corrected chi connectivity index (χ3v) is 8.08. The van der Waals surface area contributed by atoms with Gasteiger partial charge in [0.25, 0.3) is 0 Å². The highest BCUT2D eigenvalue weighted by atomic mass is 32.2. The molecule has 0 fully saturated rings. The molecule has 2 aromatic carbocycles. The maximum atomic E-state index is 13.3. The van der Waals surface area contributed by atoms with E-state index in [1.165, 1.54) is 30.5 Å². The van der Waals surface area contributed by atoms with Crippen molar-refractivity contribution in [2.45, 2.75) is 5.16 Å². The van der Waals surface area contributed by atoms with Crippen molar-refractivity contribution in [3.05, 3.63) is 122 Å². The van der Waals surface area contributed by atoms with E-state index in [9.17, 15) is 17.2 Å². The van der Waals surface area contributed by atoms with E-state index < -0.39 is 9.84 Å². The molecule has 0 saturated carbocycles. The normalized spacial score (nSPS) is 11.4. The van der Waals surface area contributed by atoms with Crippen LogP contribution in [0.15, 0.2) is 115 Å². The number of halogens is 2. The van der Waals surface area contributed by atoms with Gasteiger partial charge in [-0.05, 0) is 60.7 Å². The zero-order valence-corrected chi connectivity index (χ0v) is 26.2. The van der Waals surface area contributed by atoms with E-state index in [0.717, 1.165) is 17.5 Å². The molecule has 242 valence electrons. The fourth-order valence-electron chi connectivity index (χ4n) is 5.08. The van der Waals surface area contributed by atoms with Crippen molar-refractivity contribution in [3.8, 4) is 45.3 Å². The highest BCUT2D eigenvalue weighted by Crippen LogP contribution is 2.33. The van der Waals surface area contributed by atoms with Gasteiger partial charge in [0.1, 0.15) is 11.6 Å². The zero-order chi connectivity index (χ0) is 34.1. The third-order valence-electron chi connectivity index (χ3n) is 7.22. The minimum atomic E-state index is -3.57. The molecule has 0 saturated heterocycles. The summed E-state index contributed by atoms with van der Waals surface area (Å²) in [6.45, 7) is 0. The number of imidazole rings is 2. The van der Waals surface area contributed by atoms with Gasteiger partial charge in [-0.2, -0.15) is 0 Å². The lowest BCUT2D eigenvalue weighted by atomic mass is 10.1. The van der Waals surface area contributed by atoms with Gasteiger partial charge in [0, 0.05) is 54.6 Å². The average Bonchev–Trinajstić information content (AvgIpc) is 3.68. The van der Waals surface area contributed by atoms with Gasteiger partial charge in [-0.15, -0.1) is 0 Å². The monoisotopic (exact) mass is 675 g/mol. The molecule has 0 amide bonds. The van der Waals surface area contributed by atoms with Crippen LogP contribution in [-0.2, 0) is 9.84 Å². The van der Waals surface area contributed by atoms with Crippen LogP contribution in [0.5, 0.6) is 0 Å². The lowest BCUT2D eigenvalue weighted by Crippen LogP contribution is -2.05. The minimum absolute atomic E-state index is 0.177. The van der Waals surface area contributed by atoms with Crippen LogP contribution < -0.4 is 5.73 Å². The molecular formula is C33H23F2N11O2S. The number of nitrogen functional groups attached to an aromatic ring is 1. The first-order valence-electron chi connectivity index (χ1n) is 14.4. The quantitative estimate of drug-likeness (QED) is 0.244. The molecule has 13 nitrogen and oxygen atoms in total. The highest BCUT2D eigenvalue weighted by Gasteiger charge is 2.20. The number of nitrogens with two attached hydrogens (primary N) is 1. The Kier molecular flexibility index (Phi) is 7.97. The largest absolute Gasteiger partial charge is 0.368 e. The molecule has 8 rings (SSSR count). The Morgan fingerprint density at radius 3 is 1.55 bits per heavy atom. The van der Waals surface area contributed by atoms with E-state index in [2.05, 4.69) is 39.9 Å². The molecule has 2 N–H and O–H groups in total. The number of hydrogen-bond donors (Lipinski definition) is 1. The number of sulfone groups is 1. The van der Waals surface area contributed by atoms with E-state index in [1.54, 1.807) is 84.2 Å². The molecule has 0 atom stereocenters. The van der Waals surface area contributed by atoms with E-state index in [0.29, 0.717) is 45.3 Å². The fraction of sp³-hybridized carbons (Fsp3) is 0.0303. The van der Waals surface area contributed by atoms with Gasteiger partial charge in [0.05, 0.1) is 46.6 Å². The van der Waals surface area contributed by atoms with Crippen molar-refractivity contribution < 1.29 is 17.2 Å². The predicted molar refractivity (Wildman–Crippen MR) is 176 cm³/mol. The molecule has 0 bridgehead atoms. The number of rotatable bonds is 5. The molecule has 0 radical (unpaired) electrons. The Hall–Kier alpha value is -6.55. The maximum Gasteiger partial charge on any atom is 0.247 e. The molecule has 0 spiro atoms. The topological polar surface area (TPSA) is 172 Å².